The summed E-state index contributed by atoms with van der Waals surface area (Å²) in [6, 6.07) is 3.32. The molecule has 0 aliphatic rings. The molecule has 0 aliphatic heterocycles. The number of alkyl halides is 1. The van der Waals surface area contributed by atoms with Gasteiger partial charge in [0.1, 0.15) is 5.75 Å². The number of rotatable bonds is 2. The molecule has 0 saturated heterocycles. The van der Waals surface area contributed by atoms with Gasteiger partial charge in [0.2, 0.25) is 0 Å². The monoisotopic (exact) mass is 228 g/mol. The van der Waals surface area contributed by atoms with Crippen LogP contribution in [0.15, 0.2) is 17.5 Å². The van der Waals surface area contributed by atoms with Crippen LogP contribution in [0.25, 0.3) is 10.1 Å². The Hall–Kier alpha value is -0.770. The molecule has 0 fully saturated rings. The highest BCUT2D eigenvalue weighted by molar-refractivity contribution is 7.17. The van der Waals surface area contributed by atoms with Crippen molar-refractivity contribution in [3.05, 3.63) is 28.6 Å². The maximum Gasteiger partial charge on any atom is 0.133 e. The molecule has 4 heteroatoms. The molecule has 2 rings (SSSR count). The molecule has 0 unspecified atom stereocenters. The van der Waals surface area contributed by atoms with Gasteiger partial charge in [-0.25, -0.2) is 0 Å². The second-order valence-corrected chi connectivity index (χ2v) is 4.15. The topological polar surface area (TPSA) is 40.5 Å². The zero-order valence-electron chi connectivity index (χ0n) is 7.33. The molecule has 0 aliphatic carbocycles. The maximum atomic E-state index is 9.59. The minimum Gasteiger partial charge on any atom is -0.506 e. The molecule has 2 N–H and O–H groups in total. The Balaban J connectivity index is 2.82. The van der Waals surface area contributed by atoms with E-state index in [1.807, 2.05) is 5.38 Å². The molecule has 1 aromatic heterocycles. The van der Waals surface area contributed by atoms with Gasteiger partial charge in [0.25, 0.3) is 0 Å². The lowest BCUT2D eigenvalue weighted by Gasteiger charge is -2.02. The largest absolute Gasteiger partial charge is 0.506 e. The number of aliphatic hydroxyl groups excluding tert-OH is 1. The fourth-order valence-corrected chi connectivity index (χ4v) is 2.84. The molecule has 0 radical (unpaired) electrons. The molecule has 1 aromatic carbocycles. The number of thiophene rings is 1. The van der Waals surface area contributed by atoms with Crippen molar-refractivity contribution in [3.8, 4) is 5.75 Å². The number of phenolic OH excluding ortho intramolecular Hbond substituents is 1. The van der Waals surface area contributed by atoms with Gasteiger partial charge in [0.15, 0.2) is 0 Å². The van der Waals surface area contributed by atoms with Crippen LogP contribution in [0.3, 0.4) is 0 Å². The highest BCUT2D eigenvalue weighted by Crippen LogP contribution is 2.36. The Labute approximate surface area is 90.4 Å². The van der Waals surface area contributed by atoms with E-state index < -0.39 is 0 Å². The van der Waals surface area contributed by atoms with Gasteiger partial charge in [-0.3, -0.25) is 0 Å². The number of aliphatic hydroxyl groups is 1. The fourth-order valence-electron chi connectivity index (χ4n) is 1.50. The van der Waals surface area contributed by atoms with E-state index in [4.69, 9.17) is 16.7 Å². The number of hydrogen-bond donors (Lipinski definition) is 2. The minimum absolute atomic E-state index is 0.0304. The predicted molar refractivity (Wildman–Crippen MR) is 59.0 cm³/mol. The first kappa shape index (κ1) is 9.77. The summed E-state index contributed by atoms with van der Waals surface area (Å²) in [5.74, 6) is 0.648. The summed E-state index contributed by atoms with van der Waals surface area (Å²) in [4.78, 5) is 0. The third-order valence-electron chi connectivity index (χ3n) is 2.18. The third-order valence-corrected chi connectivity index (χ3v) is 3.52. The van der Waals surface area contributed by atoms with Crippen molar-refractivity contribution in [2.45, 2.75) is 12.5 Å². The molecule has 0 spiro atoms. The molecular formula is C10H9ClO2S. The summed E-state index contributed by atoms with van der Waals surface area (Å²) < 4.78 is 0.798. The number of aromatic hydroxyl groups is 1. The van der Waals surface area contributed by atoms with Crippen LogP contribution in [0.4, 0.5) is 0 Å². The predicted octanol–water partition coefficient (Wildman–Crippen LogP) is 2.84. The average molecular weight is 229 g/mol. The van der Waals surface area contributed by atoms with Crippen molar-refractivity contribution in [2.24, 2.45) is 0 Å². The summed E-state index contributed by atoms with van der Waals surface area (Å²) in [5.41, 5.74) is 1.78. The van der Waals surface area contributed by atoms with Crippen LogP contribution < -0.4 is 0 Å². The van der Waals surface area contributed by atoms with Crippen LogP contribution in [0, 0.1) is 0 Å². The molecule has 0 atom stereocenters. The molecule has 0 saturated carbocycles. The highest BCUT2D eigenvalue weighted by atomic mass is 35.5. The zero-order valence-corrected chi connectivity index (χ0v) is 8.90. The third kappa shape index (κ3) is 1.38. The summed E-state index contributed by atoms with van der Waals surface area (Å²) in [6.07, 6.45) is 0. The van der Waals surface area contributed by atoms with E-state index in [9.17, 15) is 5.11 Å². The Morgan fingerprint density at radius 3 is 2.71 bits per heavy atom. The van der Waals surface area contributed by atoms with Gasteiger partial charge in [-0.1, -0.05) is 6.07 Å². The Bertz CT molecular complexity index is 464. The van der Waals surface area contributed by atoms with E-state index in [1.165, 1.54) is 11.3 Å². The van der Waals surface area contributed by atoms with Gasteiger partial charge in [0, 0.05) is 11.3 Å². The summed E-state index contributed by atoms with van der Waals surface area (Å²) >= 11 is 7.22. The molecule has 2 nitrogen and oxygen atoms in total. The molecular weight excluding hydrogens is 220 g/mol. The average Bonchev–Trinajstić information content (AvgIpc) is 2.63. The zero-order chi connectivity index (χ0) is 10.1. The van der Waals surface area contributed by atoms with Crippen molar-refractivity contribution < 1.29 is 10.2 Å². The maximum absolute atomic E-state index is 9.59. The number of hydrogen-bond acceptors (Lipinski definition) is 3. The van der Waals surface area contributed by atoms with E-state index in [0.29, 0.717) is 5.88 Å². The normalized spacial score (nSPS) is 11.0. The van der Waals surface area contributed by atoms with E-state index in [2.05, 4.69) is 0 Å². The van der Waals surface area contributed by atoms with Gasteiger partial charge in [-0.15, -0.1) is 22.9 Å². The Kier molecular flexibility index (Phi) is 2.63. The van der Waals surface area contributed by atoms with Gasteiger partial charge >= 0.3 is 0 Å². The van der Waals surface area contributed by atoms with Crippen LogP contribution in [-0.4, -0.2) is 10.2 Å². The molecule has 0 amide bonds. The first-order valence-electron chi connectivity index (χ1n) is 4.15. The number of phenols is 1. The lowest BCUT2D eigenvalue weighted by atomic mass is 10.1. The quantitative estimate of drug-likeness (QED) is 0.776. The molecule has 0 bridgehead atoms. The standard InChI is InChI=1S/C10H9ClO2S/c11-3-7-5-14-10-8(13)2-1-6(4-12)9(7)10/h1-2,5,12-13H,3-4H2. The molecule has 1 heterocycles. The van der Waals surface area contributed by atoms with Gasteiger partial charge in [0.05, 0.1) is 11.3 Å². The van der Waals surface area contributed by atoms with Crippen molar-refractivity contribution in [2.75, 3.05) is 0 Å². The van der Waals surface area contributed by atoms with Gasteiger partial charge in [-0.2, -0.15) is 0 Å². The number of halogens is 1. The Morgan fingerprint density at radius 1 is 1.29 bits per heavy atom. The van der Waals surface area contributed by atoms with E-state index in [-0.39, 0.29) is 12.4 Å². The van der Waals surface area contributed by atoms with Crippen LogP contribution >= 0.6 is 22.9 Å². The van der Waals surface area contributed by atoms with E-state index >= 15 is 0 Å². The smallest absolute Gasteiger partial charge is 0.133 e. The van der Waals surface area contributed by atoms with E-state index in [1.54, 1.807) is 12.1 Å². The minimum atomic E-state index is -0.0304. The number of fused-ring (bicyclic) bond motifs is 1. The summed E-state index contributed by atoms with van der Waals surface area (Å²) in [7, 11) is 0. The summed E-state index contributed by atoms with van der Waals surface area (Å²) in [5, 5.41) is 21.5. The fraction of sp³-hybridized carbons (Fsp3) is 0.200. The number of benzene rings is 1. The first-order chi connectivity index (χ1) is 6.77. The highest BCUT2D eigenvalue weighted by Gasteiger charge is 2.10. The van der Waals surface area contributed by atoms with Gasteiger partial charge < -0.3 is 10.2 Å². The van der Waals surface area contributed by atoms with Crippen LogP contribution in [-0.2, 0) is 12.5 Å². The lowest BCUT2D eigenvalue weighted by molar-refractivity contribution is 0.283. The van der Waals surface area contributed by atoms with Crippen molar-refractivity contribution >= 4 is 33.0 Å². The van der Waals surface area contributed by atoms with Crippen molar-refractivity contribution in [1.82, 2.24) is 0 Å². The van der Waals surface area contributed by atoms with Crippen LogP contribution in [0.5, 0.6) is 5.75 Å². The van der Waals surface area contributed by atoms with Crippen LogP contribution in [0.2, 0.25) is 0 Å². The molecule has 2 aromatic rings. The van der Waals surface area contributed by atoms with Crippen LogP contribution in [0.1, 0.15) is 11.1 Å². The molecule has 74 valence electrons. The first-order valence-corrected chi connectivity index (χ1v) is 5.57. The van der Waals surface area contributed by atoms with Crippen molar-refractivity contribution in [3.63, 3.8) is 0 Å². The Morgan fingerprint density at radius 2 is 2.07 bits per heavy atom. The lowest BCUT2D eigenvalue weighted by Crippen LogP contribution is -1.86. The summed E-state index contributed by atoms with van der Waals surface area (Å²) in [6.45, 7) is -0.0304. The van der Waals surface area contributed by atoms with Gasteiger partial charge in [-0.05, 0) is 22.6 Å². The SMILES string of the molecule is OCc1ccc(O)c2scc(CCl)c12. The van der Waals surface area contributed by atoms with Crippen molar-refractivity contribution in [1.29, 1.82) is 0 Å². The van der Waals surface area contributed by atoms with E-state index in [0.717, 1.165) is 21.2 Å². The second-order valence-electron chi connectivity index (χ2n) is 3.00. The molecule has 14 heavy (non-hydrogen) atoms. The second kappa shape index (κ2) is 3.77.